The van der Waals surface area contributed by atoms with Crippen LogP contribution in [0.25, 0.3) is 0 Å². The Balaban J connectivity index is 3.27. The Morgan fingerprint density at radius 3 is 2.24 bits per heavy atom. The molecule has 1 rings (SSSR count). The summed E-state index contributed by atoms with van der Waals surface area (Å²) >= 11 is 0. The van der Waals surface area contributed by atoms with Gasteiger partial charge in [-0.05, 0) is 51.7 Å². The summed E-state index contributed by atoms with van der Waals surface area (Å²) in [5, 5.41) is -0.590. The highest BCUT2D eigenvalue weighted by molar-refractivity contribution is 7.92. The number of H-pyrrole nitrogens is 1. The molecule has 0 aliphatic heterocycles. The second-order valence-corrected chi connectivity index (χ2v) is 8.36. The fourth-order valence-corrected chi connectivity index (χ4v) is 3.90. The molecule has 0 bridgehead atoms. The molecule has 0 radical (unpaired) electrons. The summed E-state index contributed by atoms with van der Waals surface area (Å²) in [6, 6.07) is 0. The molecule has 0 aromatic carbocycles. The summed E-state index contributed by atoms with van der Waals surface area (Å²) in [6.45, 7) is 8.97. The minimum Gasteiger partial charge on any atom is -0.325 e. The average molecular weight is 313 g/mol. The van der Waals surface area contributed by atoms with E-state index < -0.39 is 20.6 Å². The highest BCUT2D eigenvalue weighted by Crippen LogP contribution is 2.22. The number of aromatic amines is 1. The number of rotatable bonds is 7. The van der Waals surface area contributed by atoms with Gasteiger partial charge >= 0.3 is 0 Å². The van der Waals surface area contributed by atoms with E-state index in [0.29, 0.717) is 5.56 Å². The average Bonchev–Trinajstić information content (AvgIpc) is 2.36. The van der Waals surface area contributed by atoms with Crippen LogP contribution in [0.15, 0.2) is 9.69 Å². The summed E-state index contributed by atoms with van der Waals surface area (Å²) in [4.78, 5) is 14.8. The van der Waals surface area contributed by atoms with Gasteiger partial charge in [0.2, 0.25) is 0 Å². The molecular formula is C16H27NO3S. The van der Waals surface area contributed by atoms with E-state index in [4.69, 9.17) is 0 Å². The minimum atomic E-state index is -3.56. The zero-order valence-corrected chi connectivity index (χ0v) is 14.6. The molecule has 0 amide bonds. The van der Waals surface area contributed by atoms with Crippen molar-refractivity contribution in [2.45, 2.75) is 76.9 Å². The quantitative estimate of drug-likeness (QED) is 0.785. The number of unbranched alkanes of at least 4 members (excludes halogenated alkanes) is 3. The van der Waals surface area contributed by atoms with Crippen molar-refractivity contribution < 1.29 is 8.42 Å². The summed E-state index contributed by atoms with van der Waals surface area (Å²) in [5.41, 5.74) is 1.90. The first-order valence-corrected chi connectivity index (χ1v) is 9.24. The van der Waals surface area contributed by atoms with Gasteiger partial charge in [0.1, 0.15) is 4.90 Å². The lowest BCUT2D eigenvalue weighted by Crippen LogP contribution is -2.27. The number of aromatic nitrogens is 1. The zero-order chi connectivity index (χ0) is 16.2. The van der Waals surface area contributed by atoms with Crippen LogP contribution in [0.5, 0.6) is 0 Å². The van der Waals surface area contributed by atoms with Crippen LogP contribution in [-0.4, -0.2) is 18.7 Å². The highest BCUT2D eigenvalue weighted by atomic mass is 32.2. The van der Waals surface area contributed by atoms with Crippen LogP contribution < -0.4 is 5.56 Å². The van der Waals surface area contributed by atoms with E-state index in [2.05, 4.69) is 11.9 Å². The van der Waals surface area contributed by atoms with Gasteiger partial charge in [-0.25, -0.2) is 8.42 Å². The van der Waals surface area contributed by atoms with Crippen molar-refractivity contribution in [2.24, 2.45) is 0 Å². The van der Waals surface area contributed by atoms with Crippen LogP contribution in [0.2, 0.25) is 0 Å². The fraction of sp³-hybridized carbons (Fsp3) is 0.688. The lowest BCUT2D eigenvalue weighted by atomic mass is 10.0. The van der Waals surface area contributed by atoms with Crippen molar-refractivity contribution in [1.82, 2.24) is 4.98 Å². The molecule has 1 N–H and O–H groups in total. The van der Waals surface area contributed by atoms with Crippen LogP contribution >= 0.6 is 0 Å². The molecule has 0 aliphatic rings. The topological polar surface area (TPSA) is 67.0 Å². The van der Waals surface area contributed by atoms with Crippen molar-refractivity contribution in [3.05, 3.63) is 27.2 Å². The molecule has 0 aliphatic carbocycles. The van der Waals surface area contributed by atoms with E-state index in [-0.39, 0.29) is 4.90 Å². The van der Waals surface area contributed by atoms with Crippen LogP contribution in [0.1, 0.15) is 63.3 Å². The smallest absolute Gasteiger partial charge is 0.267 e. The molecule has 0 saturated carbocycles. The van der Waals surface area contributed by atoms with Crippen LogP contribution in [-0.2, 0) is 16.3 Å². The van der Waals surface area contributed by atoms with Crippen molar-refractivity contribution in [3.8, 4) is 0 Å². The van der Waals surface area contributed by atoms with Crippen molar-refractivity contribution in [2.75, 3.05) is 0 Å². The van der Waals surface area contributed by atoms with E-state index >= 15 is 0 Å². The summed E-state index contributed by atoms with van der Waals surface area (Å²) in [6.07, 6.45) is 5.30. The second-order valence-electron chi connectivity index (χ2n) is 5.92. The summed E-state index contributed by atoms with van der Waals surface area (Å²) < 4.78 is 24.8. The molecule has 0 unspecified atom stereocenters. The Morgan fingerprint density at radius 2 is 1.71 bits per heavy atom. The zero-order valence-electron chi connectivity index (χ0n) is 13.7. The van der Waals surface area contributed by atoms with Gasteiger partial charge in [0.25, 0.3) is 5.56 Å². The summed E-state index contributed by atoms with van der Waals surface area (Å²) in [5.74, 6) is 0. The Bertz CT molecular complexity index is 642. The molecule has 0 fully saturated rings. The van der Waals surface area contributed by atoms with E-state index in [1.165, 1.54) is 6.42 Å². The van der Waals surface area contributed by atoms with Crippen LogP contribution in [0.3, 0.4) is 0 Å². The third-order valence-electron chi connectivity index (χ3n) is 3.94. The normalized spacial score (nSPS) is 12.1. The standard InChI is InChI=1S/C16H27NO3S/c1-6-7-8-9-10-14-12(4)15(16(18)17-13(14)5)21(19,20)11(2)3/h11H,6-10H2,1-5H3,(H,17,18). The summed E-state index contributed by atoms with van der Waals surface area (Å²) in [7, 11) is -3.56. The molecule has 1 aromatic rings. The number of hydrogen-bond donors (Lipinski definition) is 1. The maximum Gasteiger partial charge on any atom is 0.267 e. The third-order valence-corrected chi connectivity index (χ3v) is 6.24. The first-order chi connectivity index (χ1) is 9.73. The second kappa shape index (κ2) is 7.25. The maximum atomic E-state index is 12.4. The Labute approximate surface area is 127 Å². The van der Waals surface area contributed by atoms with Crippen LogP contribution in [0.4, 0.5) is 0 Å². The van der Waals surface area contributed by atoms with Gasteiger partial charge in [-0.1, -0.05) is 26.2 Å². The van der Waals surface area contributed by atoms with E-state index in [1.807, 2.05) is 6.92 Å². The molecule has 5 heteroatoms. The molecule has 120 valence electrons. The predicted molar refractivity (Wildman–Crippen MR) is 86.7 cm³/mol. The Hall–Kier alpha value is -1.10. The van der Waals surface area contributed by atoms with Gasteiger partial charge in [0.05, 0.1) is 5.25 Å². The largest absolute Gasteiger partial charge is 0.325 e. The first kappa shape index (κ1) is 18.0. The van der Waals surface area contributed by atoms with Gasteiger partial charge in [-0.2, -0.15) is 0 Å². The van der Waals surface area contributed by atoms with Gasteiger partial charge in [0.15, 0.2) is 9.84 Å². The monoisotopic (exact) mass is 313 g/mol. The number of nitrogens with one attached hydrogen (secondary N) is 1. The van der Waals surface area contributed by atoms with Gasteiger partial charge in [-0.15, -0.1) is 0 Å². The van der Waals surface area contributed by atoms with Crippen molar-refractivity contribution in [1.29, 1.82) is 0 Å². The predicted octanol–water partition coefficient (Wildman–Crippen LogP) is 3.30. The number of pyridine rings is 1. The molecule has 0 atom stereocenters. The van der Waals surface area contributed by atoms with E-state index in [0.717, 1.165) is 36.9 Å². The van der Waals surface area contributed by atoms with Gasteiger partial charge < -0.3 is 4.98 Å². The van der Waals surface area contributed by atoms with Crippen molar-refractivity contribution >= 4 is 9.84 Å². The molecule has 21 heavy (non-hydrogen) atoms. The molecule has 0 spiro atoms. The first-order valence-electron chi connectivity index (χ1n) is 7.69. The molecular weight excluding hydrogens is 286 g/mol. The lowest BCUT2D eigenvalue weighted by molar-refractivity contribution is 0.584. The number of sulfone groups is 1. The van der Waals surface area contributed by atoms with Gasteiger partial charge in [0, 0.05) is 5.69 Å². The Morgan fingerprint density at radius 1 is 1.10 bits per heavy atom. The molecule has 1 heterocycles. The van der Waals surface area contributed by atoms with E-state index in [1.54, 1.807) is 20.8 Å². The number of aryl methyl sites for hydroxylation is 1. The van der Waals surface area contributed by atoms with Crippen LogP contribution in [0, 0.1) is 13.8 Å². The molecule has 0 saturated heterocycles. The minimum absolute atomic E-state index is 0.0476. The molecule has 4 nitrogen and oxygen atoms in total. The van der Waals surface area contributed by atoms with E-state index in [9.17, 15) is 13.2 Å². The third kappa shape index (κ3) is 3.96. The fourth-order valence-electron chi connectivity index (χ4n) is 2.57. The van der Waals surface area contributed by atoms with Gasteiger partial charge in [-0.3, -0.25) is 4.79 Å². The Kier molecular flexibility index (Phi) is 6.20. The number of hydrogen-bond acceptors (Lipinski definition) is 3. The van der Waals surface area contributed by atoms with Crippen molar-refractivity contribution in [3.63, 3.8) is 0 Å². The maximum absolute atomic E-state index is 12.4. The lowest BCUT2D eigenvalue weighted by Gasteiger charge is -2.15. The SMILES string of the molecule is CCCCCCc1c(C)[nH]c(=O)c(S(=O)(=O)C(C)C)c1C. The highest BCUT2D eigenvalue weighted by Gasteiger charge is 2.27. The molecule has 1 aromatic heterocycles.